The van der Waals surface area contributed by atoms with Crippen LogP contribution in [-0.2, 0) is 0 Å². The summed E-state index contributed by atoms with van der Waals surface area (Å²) in [6.45, 7) is 6.20. The van der Waals surface area contributed by atoms with Crippen LogP contribution < -0.4 is 10.1 Å². The van der Waals surface area contributed by atoms with Crippen molar-refractivity contribution in [2.24, 2.45) is 0 Å². The Morgan fingerprint density at radius 2 is 2.00 bits per heavy atom. The number of para-hydroxylation sites is 1. The van der Waals surface area contributed by atoms with Gasteiger partial charge in [-0.1, -0.05) is 25.1 Å². The van der Waals surface area contributed by atoms with E-state index in [2.05, 4.69) is 19.2 Å². The van der Waals surface area contributed by atoms with Gasteiger partial charge in [-0.2, -0.15) is 0 Å². The molecule has 0 spiro atoms. The topological polar surface area (TPSA) is 21.3 Å². The minimum absolute atomic E-state index is 0.226. The lowest BCUT2D eigenvalue weighted by Gasteiger charge is -2.14. The second-order valence-electron chi connectivity index (χ2n) is 3.45. The van der Waals surface area contributed by atoms with Gasteiger partial charge >= 0.3 is 0 Å². The number of hydrogen-bond donors (Lipinski definition) is 1. The number of ether oxygens (including phenoxy) is 1. The molecule has 0 fully saturated rings. The molecule has 0 aliphatic heterocycles. The highest BCUT2D eigenvalue weighted by molar-refractivity contribution is 5.21. The van der Waals surface area contributed by atoms with Gasteiger partial charge in [0.1, 0.15) is 11.9 Å². The van der Waals surface area contributed by atoms with Crippen LogP contribution in [0.5, 0.6) is 5.75 Å². The third kappa shape index (κ3) is 4.28. The van der Waals surface area contributed by atoms with E-state index in [4.69, 9.17) is 4.74 Å². The normalized spacial score (nSPS) is 12.4. The third-order valence-electron chi connectivity index (χ3n) is 1.94. The Morgan fingerprint density at radius 3 is 2.64 bits per heavy atom. The van der Waals surface area contributed by atoms with Crippen molar-refractivity contribution in [2.45, 2.75) is 26.4 Å². The molecule has 78 valence electrons. The first-order chi connectivity index (χ1) is 6.83. The summed E-state index contributed by atoms with van der Waals surface area (Å²) < 4.78 is 5.70. The summed E-state index contributed by atoms with van der Waals surface area (Å²) in [6.07, 6.45) is 1.39. The molecule has 0 heterocycles. The number of benzene rings is 1. The standard InChI is InChI=1S/C12H19NO/c1-3-9-13-10-11(2)14-12-7-5-4-6-8-12/h4-8,11,13H,3,9-10H2,1-2H3. The van der Waals surface area contributed by atoms with Crippen molar-refractivity contribution in [1.82, 2.24) is 5.32 Å². The van der Waals surface area contributed by atoms with Crippen LogP contribution in [0.3, 0.4) is 0 Å². The lowest BCUT2D eigenvalue weighted by Crippen LogP contribution is -2.29. The SMILES string of the molecule is CCCNCC(C)Oc1ccccc1. The second kappa shape index (κ2) is 6.44. The van der Waals surface area contributed by atoms with Gasteiger partial charge in [-0.3, -0.25) is 0 Å². The summed E-state index contributed by atoms with van der Waals surface area (Å²) in [4.78, 5) is 0. The first-order valence-electron chi connectivity index (χ1n) is 5.25. The summed E-state index contributed by atoms with van der Waals surface area (Å²) in [5, 5.41) is 3.33. The van der Waals surface area contributed by atoms with E-state index in [9.17, 15) is 0 Å². The van der Waals surface area contributed by atoms with Crippen molar-refractivity contribution >= 4 is 0 Å². The highest BCUT2D eigenvalue weighted by Crippen LogP contribution is 2.10. The zero-order chi connectivity index (χ0) is 10.2. The van der Waals surface area contributed by atoms with Gasteiger partial charge in [-0.15, -0.1) is 0 Å². The van der Waals surface area contributed by atoms with Crippen LogP contribution in [0, 0.1) is 0 Å². The van der Waals surface area contributed by atoms with Gasteiger partial charge in [-0.05, 0) is 32.0 Å². The van der Waals surface area contributed by atoms with Crippen LogP contribution in [0.15, 0.2) is 30.3 Å². The minimum atomic E-state index is 0.226. The zero-order valence-electron chi connectivity index (χ0n) is 8.99. The Kier molecular flexibility index (Phi) is 5.08. The van der Waals surface area contributed by atoms with Crippen LogP contribution in [0.2, 0.25) is 0 Å². The molecule has 0 saturated heterocycles. The highest BCUT2D eigenvalue weighted by Gasteiger charge is 2.01. The molecule has 0 saturated carbocycles. The Labute approximate surface area is 86.3 Å². The van der Waals surface area contributed by atoms with E-state index < -0.39 is 0 Å². The zero-order valence-corrected chi connectivity index (χ0v) is 8.99. The van der Waals surface area contributed by atoms with Crippen molar-refractivity contribution in [1.29, 1.82) is 0 Å². The maximum atomic E-state index is 5.70. The fraction of sp³-hybridized carbons (Fsp3) is 0.500. The van der Waals surface area contributed by atoms with Crippen molar-refractivity contribution in [3.05, 3.63) is 30.3 Å². The molecule has 0 aromatic heterocycles. The minimum Gasteiger partial charge on any atom is -0.489 e. The van der Waals surface area contributed by atoms with Gasteiger partial charge in [0.2, 0.25) is 0 Å². The Balaban J connectivity index is 2.23. The molecule has 0 aliphatic carbocycles. The summed E-state index contributed by atoms with van der Waals surface area (Å²) in [6, 6.07) is 9.93. The van der Waals surface area contributed by atoms with Crippen LogP contribution in [0.25, 0.3) is 0 Å². The summed E-state index contributed by atoms with van der Waals surface area (Å²) >= 11 is 0. The molecule has 1 N–H and O–H groups in total. The largest absolute Gasteiger partial charge is 0.489 e. The predicted octanol–water partition coefficient (Wildman–Crippen LogP) is 2.45. The maximum Gasteiger partial charge on any atom is 0.119 e. The van der Waals surface area contributed by atoms with E-state index in [1.165, 1.54) is 0 Å². The molecular weight excluding hydrogens is 174 g/mol. The summed E-state index contributed by atoms with van der Waals surface area (Å²) in [5.41, 5.74) is 0. The molecule has 14 heavy (non-hydrogen) atoms. The third-order valence-corrected chi connectivity index (χ3v) is 1.94. The molecule has 1 aromatic carbocycles. The van der Waals surface area contributed by atoms with Gasteiger partial charge in [0.15, 0.2) is 0 Å². The molecule has 1 rings (SSSR count). The molecule has 1 atom stereocenters. The molecule has 0 amide bonds. The maximum absolute atomic E-state index is 5.70. The Hall–Kier alpha value is -1.02. The quantitative estimate of drug-likeness (QED) is 0.701. The van der Waals surface area contributed by atoms with Gasteiger partial charge < -0.3 is 10.1 Å². The first kappa shape index (κ1) is 11.1. The molecule has 2 nitrogen and oxygen atoms in total. The van der Waals surface area contributed by atoms with Gasteiger partial charge in [0.05, 0.1) is 0 Å². The van der Waals surface area contributed by atoms with E-state index >= 15 is 0 Å². The fourth-order valence-electron chi connectivity index (χ4n) is 1.26. The van der Waals surface area contributed by atoms with Crippen molar-refractivity contribution < 1.29 is 4.74 Å². The van der Waals surface area contributed by atoms with E-state index in [1.54, 1.807) is 0 Å². The molecule has 1 unspecified atom stereocenters. The predicted molar refractivity (Wildman–Crippen MR) is 59.7 cm³/mol. The molecule has 0 radical (unpaired) electrons. The smallest absolute Gasteiger partial charge is 0.119 e. The van der Waals surface area contributed by atoms with E-state index in [0.717, 1.165) is 25.3 Å². The summed E-state index contributed by atoms with van der Waals surface area (Å²) in [5.74, 6) is 0.943. The highest BCUT2D eigenvalue weighted by atomic mass is 16.5. The lowest BCUT2D eigenvalue weighted by molar-refractivity contribution is 0.217. The summed E-state index contributed by atoms with van der Waals surface area (Å²) in [7, 11) is 0. The van der Waals surface area contributed by atoms with Crippen LogP contribution in [0.4, 0.5) is 0 Å². The van der Waals surface area contributed by atoms with Crippen LogP contribution in [0.1, 0.15) is 20.3 Å². The van der Waals surface area contributed by atoms with Crippen molar-refractivity contribution in [2.75, 3.05) is 13.1 Å². The molecule has 1 aromatic rings. The lowest BCUT2D eigenvalue weighted by atomic mass is 10.3. The van der Waals surface area contributed by atoms with E-state index in [-0.39, 0.29) is 6.10 Å². The Morgan fingerprint density at radius 1 is 1.29 bits per heavy atom. The van der Waals surface area contributed by atoms with Crippen molar-refractivity contribution in [3.63, 3.8) is 0 Å². The van der Waals surface area contributed by atoms with Gasteiger partial charge in [-0.25, -0.2) is 0 Å². The van der Waals surface area contributed by atoms with E-state index in [1.807, 2.05) is 30.3 Å². The number of nitrogens with one attached hydrogen (secondary N) is 1. The average molecular weight is 193 g/mol. The second-order valence-corrected chi connectivity index (χ2v) is 3.45. The number of hydrogen-bond acceptors (Lipinski definition) is 2. The van der Waals surface area contributed by atoms with Crippen LogP contribution in [-0.4, -0.2) is 19.2 Å². The van der Waals surface area contributed by atoms with Crippen molar-refractivity contribution in [3.8, 4) is 5.75 Å². The van der Waals surface area contributed by atoms with Gasteiger partial charge in [0.25, 0.3) is 0 Å². The molecule has 0 bridgehead atoms. The molecule has 2 heteroatoms. The fourth-order valence-corrected chi connectivity index (χ4v) is 1.26. The average Bonchev–Trinajstić information content (AvgIpc) is 2.20. The van der Waals surface area contributed by atoms with E-state index in [0.29, 0.717) is 0 Å². The molecule has 0 aliphatic rings. The molecular formula is C12H19NO. The Bertz CT molecular complexity index is 235. The number of rotatable bonds is 6. The monoisotopic (exact) mass is 193 g/mol. The first-order valence-corrected chi connectivity index (χ1v) is 5.25. The van der Waals surface area contributed by atoms with Crippen LogP contribution >= 0.6 is 0 Å². The van der Waals surface area contributed by atoms with Gasteiger partial charge in [0, 0.05) is 6.54 Å².